The molecule has 0 aromatic heterocycles. The minimum absolute atomic E-state index is 0.789. The molecule has 1 aromatic rings. The summed E-state index contributed by atoms with van der Waals surface area (Å²) in [7, 11) is 3.92. The first kappa shape index (κ1) is 10.9. The number of benzene rings is 1. The van der Waals surface area contributed by atoms with Crippen molar-refractivity contribution in [1.82, 2.24) is 10.0 Å². The highest BCUT2D eigenvalue weighted by atomic mass is 15.6. The fourth-order valence-corrected chi connectivity index (χ4v) is 2.03. The van der Waals surface area contributed by atoms with E-state index >= 15 is 0 Å². The Balaban J connectivity index is 1.81. The molecule has 6 nitrogen and oxygen atoms in total. The molecule has 6 heteroatoms. The maximum Gasteiger partial charge on any atom is 0.117 e. The topological polar surface area (TPSA) is 37.7 Å². The third-order valence-corrected chi connectivity index (χ3v) is 2.98. The van der Waals surface area contributed by atoms with Crippen LogP contribution in [0.25, 0.3) is 0 Å². The first-order valence-electron chi connectivity index (χ1n) is 5.86. The molecule has 0 radical (unpaired) electrons. The molecule has 2 aliphatic rings. The van der Waals surface area contributed by atoms with Crippen molar-refractivity contribution in [3.05, 3.63) is 24.3 Å². The lowest BCUT2D eigenvalue weighted by atomic mass is 10.2. The Kier molecular flexibility index (Phi) is 2.55. The first-order valence-corrected chi connectivity index (χ1v) is 5.86. The largest absolute Gasteiger partial charge is 0.311 e. The summed E-state index contributed by atoms with van der Waals surface area (Å²) >= 11 is 0. The highest BCUT2D eigenvalue weighted by Crippen LogP contribution is 2.24. The van der Waals surface area contributed by atoms with Crippen molar-refractivity contribution < 1.29 is 0 Å². The SMILES string of the molecule is CN1CN(c2cccc(N3C=NN(C)C3)c2)C=N1. The lowest BCUT2D eigenvalue weighted by molar-refractivity contribution is 0.392. The van der Waals surface area contributed by atoms with Gasteiger partial charge in [-0.1, -0.05) is 6.07 Å². The maximum absolute atomic E-state index is 4.22. The van der Waals surface area contributed by atoms with Gasteiger partial charge in [0.25, 0.3) is 0 Å². The summed E-state index contributed by atoms with van der Waals surface area (Å²) in [5.41, 5.74) is 2.28. The van der Waals surface area contributed by atoms with Crippen LogP contribution < -0.4 is 9.80 Å². The molecule has 0 unspecified atom stereocenters. The van der Waals surface area contributed by atoms with Crippen molar-refractivity contribution in [3.63, 3.8) is 0 Å². The molecule has 0 atom stereocenters. The molecule has 0 N–H and O–H groups in total. The van der Waals surface area contributed by atoms with Gasteiger partial charge < -0.3 is 9.80 Å². The smallest absolute Gasteiger partial charge is 0.117 e. The molecular weight excluding hydrogens is 228 g/mol. The zero-order valence-corrected chi connectivity index (χ0v) is 10.6. The molecule has 0 aliphatic carbocycles. The Hall–Kier alpha value is -2.24. The number of nitrogens with zero attached hydrogens (tertiary/aromatic N) is 6. The van der Waals surface area contributed by atoms with Gasteiger partial charge in [0.1, 0.15) is 26.0 Å². The number of hydrogen-bond acceptors (Lipinski definition) is 6. The third-order valence-electron chi connectivity index (χ3n) is 2.98. The summed E-state index contributed by atoms with van der Waals surface area (Å²) < 4.78 is 0. The number of hydrogen-bond donors (Lipinski definition) is 0. The normalized spacial score (nSPS) is 18.3. The summed E-state index contributed by atoms with van der Waals surface area (Å²) in [4.78, 5) is 4.22. The van der Waals surface area contributed by atoms with Gasteiger partial charge in [-0.2, -0.15) is 10.2 Å². The molecule has 0 saturated carbocycles. The molecular formula is C12H16N6. The van der Waals surface area contributed by atoms with Crippen LogP contribution in [0.3, 0.4) is 0 Å². The van der Waals surface area contributed by atoms with Gasteiger partial charge in [0.05, 0.1) is 0 Å². The quantitative estimate of drug-likeness (QED) is 0.777. The van der Waals surface area contributed by atoms with Crippen LogP contribution in [0.15, 0.2) is 34.5 Å². The van der Waals surface area contributed by atoms with Crippen LogP contribution in [0.1, 0.15) is 0 Å². The fourth-order valence-electron chi connectivity index (χ4n) is 2.03. The van der Waals surface area contributed by atoms with E-state index in [9.17, 15) is 0 Å². The van der Waals surface area contributed by atoms with Crippen LogP contribution in [-0.4, -0.2) is 50.1 Å². The average molecular weight is 244 g/mol. The Morgan fingerprint density at radius 1 is 0.889 bits per heavy atom. The molecule has 3 rings (SSSR count). The molecule has 2 heterocycles. The van der Waals surface area contributed by atoms with E-state index in [1.165, 1.54) is 0 Å². The highest BCUT2D eigenvalue weighted by Gasteiger charge is 2.15. The van der Waals surface area contributed by atoms with E-state index in [0.717, 1.165) is 24.7 Å². The molecule has 0 amide bonds. The highest BCUT2D eigenvalue weighted by molar-refractivity contribution is 5.85. The molecule has 0 fully saturated rings. The average Bonchev–Trinajstić information content (AvgIpc) is 2.98. The van der Waals surface area contributed by atoms with Crippen LogP contribution in [0.4, 0.5) is 11.4 Å². The predicted molar refractivity (Wildman–Crippen MR) is 73.6 cm³/mol. The molecule has 0 spiro atoms. The first-order chi connectivity index (χ1) is 8.72. The van der Waals surface area contributed by atoms with Crippen molar-refractivity contribution in [2.75, 3.05) is 37.2 Å². The lowest BCUT2D eigenvalue weighted by Crippen LogP contribution is -2.26. The Bertz CT molecular complexity index is 456. The zero-order chi connectivity index (χ0) is 12.5. The standard InChI is InChI=1S/C12H16N6/c1-15-9-17(7-13-15)11-4-3-5-12(6-11)18-8-14-16(2)10-18/h3-8H,9-10H2,1-2H3. The second-order valence-electron chi connectivity index (χ2n) is 4.52. The van der Waals surface area contributed by atoms with Gasteiger partial charge >= 0.3 is 0 Å². The summed E-state index contributed by atoms with van der Waals surface area (Å²) in [6, 6.07) is 8.39. The molecule has 94 valence electrons. The molecule has 18 heavy (non-hydrogen) atoms. The van der Waals surface area contributed by atoms with Crippen molar-refractivity contribution in [3.8, 4) is 0 Å². The van der Waals surface area contributed by atoms with Crippen molar-refractivity contribution >= 4 is 24.1 Å². The van der Waals surface area contributed by atoms with E-state index in [0.29, 0.717) is 0 Å². The minimum Gasteiger partial charge on any atom is -0.311 e. The van der Waals surface area contributed by atoms with E-state index in [4.69, 9.17) is 0 Å². The minimum atomic E-state index is 0.789. The van der Waals surface area contributed by atoms with Gasteiger partial charge in [0.15, 0.2) is 0 Å². The Morgan fingerprint density at radius 2 is 1.39 bits per heavy atom. The molecule has 0 saturated heterocycles. The summed E-state index contributed by atoms with van der Waals surface area (Å²) in [6.45, 7) is 1.58. The van der Waals surface area contributed by atoms with Gasteiger partial charge in [-0.25, -0.2) is 0 Å². The monoisotopic (exact) mass is 244 g/mol. The Morgan fingerprint density at radius 3 is 1.78 bits per heavy atom. The molecule has 1 aromatic carbocycles. The number of hydrazone groups is 2. The summed E-state index contributed by atoms with van der Waals surface area (Å²) in [5, 5.41) is 12.2. The summed E-state index contributed by atoms with van der Waals surface area (Å²) in [5.74, 6) is 0. The second-order valence-corrected chi connectivity index (χ2v) is 4.52. The van der Waals surface area contributed by atoms with Crippen molar-refractivity contribution in [2.24, 2.45) is 10.2 Å². The molecule has 0 bridgehead atoms. The van der Waals surface area contributed by atoms with Gasteiger partial charge in [-0.05, 0) is 18.2 Å². The van der Waals surface area contributed by atoms with Crippen LogP contribution in [0.5, 0.6) is 0 Å². The fraction of sp³-hybridized carbons (Fsp3) is 0.333. The van der Waals surface area contributed by atoms with Crippen LogP contribution in [0.2, 0.25) is 0 Å². The molecule has 2 aliphatic heterocycles. The van der Waals surface area contributed by atoms with E-state index in [2.05, 4.69) is 44.3 Å². The third kappa shape index (κ3) is 1.97. The van der Waals surface area contributed by atoms with Gasteiger partial charge in [-0.3, -0.25) is 10.0 Å². The van der Waals surface area contributed by atoms with Crippen LogP contribution in [0, 0.1) is 0 Å². The maximum atomic E-state index is 4.22. The van der Waals surface area contributed by atoms with Crippen molar-refractivity contribution in [1.29, 1.82) is 0 Å². The summed E-state index contributed by atoms with van der Waals surface area (Å²) in [6.07, 6.45) is 3.70. The van der Waals surface area contributed by atoms with E-state index in [1.807, 2.05) is 36.8 Å². The van der Waals surface area contributed by atoms with Crippen molar-refractivity contribution in [2.45, 2.75) is 0 Å². The number of anilines is 2. The van der Waals surface area contributed by atoms with Crippen LogP contribution in [-0.2, 0) is 0 Å². The lowest BCUT2D eigenvalue weighted by Gasteiger charge is -2.20. The van der Waals surface area contributed by atoms with E-state index < -0.39 is 0 Å². The Labute approximate surface area is 106 Å². The van der Waals surface area contributed by atoms with Gasteiger partial charge in [0.2, 0.25) is 0 Å². The second kappa shape index (κ2) is 4.21. The number of rotatable bonds is 2. The van der Waals surface area contributed by atoms with E-state index in [-0.39, 0.29) is 0 Å². The van der Waals surface area contributed by atoms with Crippen LogP contribution >= 0.6 is 0 Å². The predicted octanol–water partition coefficient (Wildman–Crippen LogP) is 0.992. The van der Waals surface area contributed by atoms with Gasteiger partial charge in [-0.15, -0.1) is 0 Å². The zero-order valence-electron chi connectivity index (χ0n) is 10.6. The van der Waals surface area contributed by atoms with Gasteiger partial charge in [0, 0.05) is 25.5 Å². The van der Waals surface area contributed by atoms with E-state index in [1.54, 1.807) is 0 Å².